The van der Waals surface area contributed by atoms with Crippen LogP contribution in [0, 0.1) is 11.8 Å². The van der Waals surface area contributed by atoms with Crippen molar-refractivity contribution in [2.24, 2.45) is 11.8 Å². The van der Waals surface area contributed by atoms with E-state index >= 15 is 0 Å². The van der Waals surface area contributed by atoms with E-state index in [1.54, 1.807) is 0 Å². The smallest absolute Gasteiger partial charge is 0.0351 e. The Morgan fingerprint density at radius 3 is 2.73 bits per heavy atom. The van der Waals surface area contributed by atoms with Crippen molar-refractivity contribution in [3.63, 3.8) is 0 Å². The van der Waals surface area contributed by atoms with Crippen molar-refractivity contribution in [1.29, 1.82) is 0 Å². The molecular weight excluding hydrogens is 158 g/mol. The van der Waals surface area contributed by atoms with Crippen molar-refractivity contribution in [2.75, 3.05) is 25.5 Å². The Morgan fingerprint density at radius 1 is 1.55 bits per heavy atom. The van der Waals surface area contributed by atoms with E-state index in [1.807, 2.05) is 0 Å². The van der Waals surface area contributed by atoms with Gasteiger partial charge in [0.25, 0.3) is 0 Å². The quantitative estimate of drug-likeness (QED) is 0.595. The van der Waals surface area contributed by atoms with Crippen LogP contribution in [0.4, 0.5) is 0 Å². The molecule has 0 spiro atoms. The average molecular weight is 176 g/mol. The topological polar surface area (TPSA) is 3.24 Å². The Labute approximate surface area is 74.7 Å². The molecule has 0 aliphatic carbocycles. The molecule has 0 aromatic heterocycles. The number of nitrogens with zero attached hydrogens (tertiary/aromatic N) is 1. The fraction of sp³-hybridized carbons (Fsp3) is 1.00. The molecule has 0 bridgehead atoms. The van der Waals surface area contributed by atoms with E-state index in [0.29, 0.717) is 0 Å². The molecule has 1 nitrogen and oxygen atoms in total. The van der Waals surface area contributed by atoms with E-state index in [0.717, 1.165) is 24.3 Å². The van der Waals surface area contributed by atoms with Crippen LogP contribution in [0.15, 0.2) is 0 Å². The van der Waals surface area contributed by atoms with Gasteiger partial charge in [0.1, 0.15) is 0 Å². The summed E-state index contributed by atoms with van der Waals surface area (Å²) in [7, 11) is 0. The van der Waals surface area contributed by atoms with Crippen molar-refractivity contribution in [3.8, 4) is 0 Å². The van der Waals surface area contributed by atoms with E-state index < -0.39 is 0 Å². The average Bonchev–Trinajstić information content (AvgIpc) is 2.37. The van der Waals surface area contributed by atoms with Crippen LogP contribution in [0.3, 0.4) is 0 Å². The number of hydrogen-bond donors (Lipinski definition) is 0. The molecule has 1 heterocycles. The molecule has 1 aliphatic heterocycles. The lowest BCUT2D eigenvalue weighted by atomic mass is 9.95. The number of hydrogen-bond acceptors (Lipinski definition) is 1. The van der Waals surface area contributed by atoms with Crippen molar-refractivity contribution >= 4 is 11.6 Å². The first-order valence-corrected chi connectivity index (χ1v) is 5.05. The molecule has 0 aromatic rings. The maximum atomic E-state index is 5.67. The third kappa shape index (κ3) is 2.64. The zero-order valence-corrected chi connectivity index (χ0v) is 8.27. The second-order valence-electron chi connectivity index (χ2n) is 3.78. The summed E-state index contributed by atoms with van der Waals surface area (Å²) in [5.74, 6) is 2.54. The Hall–Kier alpha value is 0.250. The molecule has 0 aromatic carbocycles. The van der Waals surface area contributed by atoms with Gasteiger partial charge >= 0.3 is 0 Å². The van der Waals surface area contributed by atoms with Gasteiger partial charge in [-0.1, -0.05) is 13.8 Å². The molecule has 1 fully saturated rings. The van der Waals surface area contributed by atoms with Crippen LogP contribution in [0.2, 0.25) is 0 Å². The maximum Gasteiger partial charge on any atom is 0.0351 e. The Kier molecular flexibility index (Phi) is 3.67. The summed E-state index contributed by atoms with van der Waals surface area (Å²) in [4.78, 5) is 2.47. The fourth-order valence-electron chi connectivity index (χ4n) is 1.73. The van der Waals surface area contributed by atoms with E-state index in [4.69, 9.17) is 11.6 Å². The van der Waals surface area contributed by atoms with Gasteiger partial charge < -0.3 is 4.90 Å². The van der Waals surface area contributed by atoms with Crippen LogP contribution in [0.1, 0.15) is 20.3 Å². The van der Waals surface area contributed by atoms with E-state index in [-0.39, 0.29) is 0 Å². The zero-order valence-electron chi connectivity index (χ0n) is 7.52. The number of likely N-dealkylation sites (tertiary alicyclic amines) is 1. The van der Waals surface area contributed by atoms with Crippen LogP contribution < -0.4 is 0 Å². The van der Waals surface area contributed by atoms with Gasteiger partial charge in [-0.3, -0.25) is 0 Å². The Morgan fingerprint density at radius 2 is 2.27 bits per heavy atom. The molecule has 0 N–H and O–H groups in total. The molecule has 1 saturated heterocycles. The van der Waals surface area contributed by atoms with Gasteiger partial charge in [-0.2, -0.15) is 0 Å². The van der Waals surface area contributed by atoms with E-state index in [1.165, 1.54) is 19.5 Å². The van der Waals surface area contributed by atoms with Gasteiger partial charge in [0.2, 0.25) is 0 Å². The highest BCUT2D eigenvalue weighted by atomic mass is 35.5. The normalized spacial score (nSPS) is 26.7. The third-order valence-corrected chi connectivity index (χ3v) is 2.82. The van der Waals surface area contributed by atoms with Gasteiger partial charge in [0.15, 0.2) is 0 Å². The van der Waals surface area contributed by atoms with Crippen molar-refractivity contribution < 1.29 is 0 Å². The van der Waals surface area contributed by atoms with Crippen molar-refractivity contribution in [1.82, 2.24) is 4.90 Å². The standard InChI is InChI=1S/C9H18ClN/c1-8(2)9-3-5-11(7-9)6-4-10/h8-9H,3-7H2,1-2H3. The Bertz CT molecular complexity index is 114. The summed E-state index contributed by atoms with van der Waals surface area (Å²) >= 11 is 5.67. The van der Waals surface area contributed by atoms with Crippen LogP contribution in [-0.4, -0.2) is 30.4 Å². The Balaban J connectivity index is 2.23. The minimum absolute atomic E-state index is 0.783. The predicted octanol–water partition coefficient (Wildman–Crippen LogP) is 2.20. The predicted molar refractivity (Wildman–Crippen MR) is 50.1 cm³/mol. The number of halogens is 1. The maximum absolute atomic E-state index is 5.67. The van der Waals surface area contributed by atoms with Crippen LogP contribution in [0.25, 0.3) is 0 Å². The molecule has 1 aliphatic rings. The molecule has 0 amide bonds. The number of alkyl halides is 1. The first kappa shape index (κ1) is 9.34. The summed E-state index contributed by atoms with van der Waals surface area (Å²) in [6.07, 6.45) is 1.37. The first-order chi connectivity index (χ1) is 5.24. The van der Waals surface area contributed by atoms with Gasteiger partial charge in [0.05, 0.1) is 0 Å². The molecule has 66 valence electrons. The summed E-state index contributed by atoms with van der Waals surface area (Å²) in [5.41, 5.74) is 0. The van der Waals surface area contributed by atoms with Gasteiger partial charge in [-0.25, -0.2) is 0 Å². The minimum atomic E-state index is 0.783. The van der Waals surface area contributed by atoms with Crippen LogP contribution in [-0.2, 0) is 0 Å². The summed E-state index contributed by atoms with van der Waals surface area (Å²) < 4.78 is 0. The lowest BCUT2D eigenvalue weighted by Gasteiger charge is -2.16. The summed E-state index contributed by atoms with van der Waals surface area (Å²) in [5, 5.41) is 0. The second kappa shape index (κ2) is 4.32. The molecule has 1 unspecified atom stereocenters. The highest BCUT2D eigenvalue weighted by Crippen LogP contribution is 2.22. The SMILES string of the molecule is CC(C)C1CCN(CCCl)C1. The molecule has 0 radical (unpaired) electrons. The van der Waals surface area contributed by atoms with Gasteiger partial charge in [-0.05, 0) is 24.8 Å². The molecule has 11 heavy (non-hydrogen) atoms. The van der Waals surface area contributed by atoms with Crippen LogP contribution >= 0.6 is 11.6 Å². The lowest BCUT2D eigenvalue weighted by molar-refractivity contribution is 0.318. The number of rotatable bonds is 3. The van der Waals surface area contributed by atoms with E-state index in [2.05, 4.69) is 18.7 Å². The molecule has 2 heteroatoms. The minimum Gasteiger partial charge on any atom is -0.302 e. The zero-order chi connectivity index (χ0) is 8.27. The van der Waals surface area contributed by atoms with E-state index in [9.17, 15) is 0 Å². The molecule has 1 rings (SSSR count). The highest BCUT2D eigenvalue weighted by Gasteiger charge is 2.23. The van der Waals surface area contributed by atoms with Crippen molar-refractivity contribution in [3.05, 3.63) is 0 Å². The molecule has 0 saturated carbocycles. The largest absolute Gasteiger partial charge is 0.302 e. The monoisotopic (exact) mass is 175 g/mol. The van der Waals surface area contributed by atoms with Crippen molar-refractivity contribution in [2.45, 2.75) is 20.3 Å². The molecular formula is C9H18ClN. The third-order valence-electron chi connectivity index (χ3n) is 2.65. The summed E-state index contributed by atoms with van der Waals surface area (Å²) in [6.45, 7) is 8.23. The van der Waals surface area contributed by atoms with Crippen LogP contribution in [0.5, 0.6) is 0 Å². The van der Waals surface area contributed by atoms with Gasteiger partial charge in [0, 0.05) is 19.0 Å². The van der Waals surface area contributed by atoms with Gasteiger partial charge in [-0.15, -0.1) is 11.6 Å². The summed E-state index contributed by atoms with van der Waals surface area (Å²) in [6, 6.07) is 0. The second-order valence-corrected chi connectivity index (χ2v) is 4.16. The highest BCUT2D eigenvalue weighted by molar-refractivity contribution is 6.18. The fourth-order valence-corrected chi connectivity index (χ4v) is 1.97. The molecule has 1 atom stereocenters. The lowest BCUT2D eigenvalue weighted by Crippen LogP contribution is -2.23. The first-order valence-electron chi connectivity index (χ1n) is 4.52.